The molecule has 0 bridgehead atoms. The predicted molar refractivity (Wildman–Crippen MR) is 43.9 cm³/mol. The van der Waals surface area contributed by atoms with Crippen LogP contribution in [0.25, 0.3) is 0 Å². The Morgan fingerprint density at radius 1 is 1.60 bits per heavy atom. The predicted octanol–water partition coefficient (Wildman–Crippen LogP) is 0.723. The van der Waals surface area contributed by atoms with E-state index in [0.717, 1.165) is 18.5 Å². The molecular weight excluding hydrogens is 124 g/mol. The van der Waals surface area contributed by atoms with Crippen molar-refractivity contribution < 1.29 is 0 Å². The van der Waals surface area contributed by atoms with E-state index in [4.69, 9.17) is 5.73 Å². The summed E-state index contributed by atoms with van der Waals surface area (Å²) in [4.78, 5) is 0. The highest BCUT2D eigenvalue weighted by atomic mass is 14.9. The van der Waals surface area contributed by atoms with Crippen LogP contribution < -0.4 is 11.1 Å². The first kappa shape index (κ1) is 8.02. The number of nitrogens with one attached hydrogen (secondary N) is 1. The minimum atomic E-state index is 0.728. The molecule has 0 radical (unpaired) electrons. The topological polar surface area (TPSA) is 38.0 Å². The van der Waals surface area contributed by atoms with Crippen LogP contribution in [0.3, 0.4) is 0 Å². The second-order valence-corrected chi connectivity index (χ2v) is 3.22. The Morgan fingerprint density at radius 3 is 2.90 bits per heavy atom. The minimum absolute atomic E-state index is 0.728. The van der Waals surface area contributed by atoms with Gasteiger partial charge in [-0.1, -0.05) is 0 Å². The summed E-state index contributed by atoms with van der Waals surface area (Å²) in [6.45, 7) is 4.33. The molecular formula is C8H18N2. The van der Waals surface area contributed by atoms with Crippen LogP contribution in [0.2, 0.25) is 0 Å². The van der Waals surface area contributed by atoms with Crippen molar-refractivity contribution in [2.75, 3.05) is 13.1 Å². The summed E-state index contributed by atoms with van der Waals surface area (Å²) < 4.78 is 0. The van der Waals surface area contributed by atoms with Gasteiger partial charge in [0.05, 0.1) is 0 Å². The van der Waals surface area contributed by atoms with Crippen molar-refractivity contribution in [3.05, 3.63) is 0 Å². The fraction of sp³-hybridized carbons (Fsp3) is 1.00. The van der Waals surface area contributed by atoms with Crippen LogP contribution >= 0.6 is 0 Å². The Balaban J connectivity index is 2.14. The Bertz CT molecular complexity index is 93.3. The maximum Gasteiger partial charge on any atom is 0.00674 e. The smallest absolute Gasteiger partial charge is 0.00674 e. The average Bonchev–Trinajstić information content (AvgIpc) is 2.31. The maximum absolute atomic E-state index is 5.43. The lowest BCUT2D eigenvalue weighted by molar-refractivity contribution is 0.434. The van der Waals surface area contributed by atoms with Gasteiger partial charge in [-0.2, -0.15) is 0 Å². The number of rotatable bonds is 3. The number of hydrogen-bond acceptors (Lipinski definition) is 2. The van der Waals surface area contributed by atoms with E-state index in [-0.39, 0.29) is 0 Å². The molecule has 10 heavy (non-hydrogen) atoms. The molecule has 1 saturated heterocycles. The molecule has 0 aliphatic carbocycles. The SMILES string of the molecule is C[C@H]1NCC[C@H]1CCCN. The van der Waals surface area contributed by atoms with Gasteiger partial charge >= 0.3 is 0 Å². The Labute approximate surface area is 63.2 Å². The van der Waals surface area contributed by atoms with Gasteiger partial charge in [-0.05, 0) is 45.2 Å². The van der Waals surface area contributed by atoms with Gasteiger partial charge in [0, 0.05) is 6.04 Å². The van der Waals surface area contributed by atoms with Crippen LogP contribution in [0.4, 0.5) is 0 Å². The van der Waals surface area contributed by atoms with E-state index in [1.54, 1.807) is 0 Å². The van der Waals surface area contributed by atoms with Gasteiger partial charge in [-0.3, -0.25) is 0 Å². The van der Waals surface area contributed by atoms with E-state index in [2.05, 4.69) is 12.2 Å². The Hall–Kier alpha value is -0.0800. The van der Waals surface area contributed by atoms with Gasteiger partial charge in [0.1, 0.15) is 0 Å². The van der Waals surface area contributed by atoms with Crippen molar-refractivity contribution in [2.45, 2.75) is 32.2 Å². The van der Waals surface area contributed by atoms with Crippen LogP contribution in [0, 0.1) is 5.92 Å². The number of hydrogen-bond donors (Lipinski definition) is 2. The highest BCUT2D eigenvalue weighted by Crippen LogP contribution is 2.19. The molecule has 2 atom stereocenters. The largest absolute Gasteiger partial charge is 0.330 e. The molecule has 0 amide bonds. The third-order valence-corrected chi connectivity index (χ3v) is 2.47. The minimum Gasteiger partial charge on any atom is -0.330 e. The zero-order valence-corrected chi connectivity index (χ0v) is 6.77. The lowest BCUT2D eigenvalue weighted by Gasteiger charge is -2.13. The summed E-state index contributed by atoms with van der Waals surface area (Å²) in [6, 6.07) is 0.728. The van der Waals surface area contributed by atoms with Crippen molar-refractivity contribution in [3.63, 3.8) is 0 Å². The molecule has 1 rings (SSSR count). The summed E-state index contributed by atoms with van der Waals surface area (Å²) in [6.07, 6.45) is 3.85. The van der Waals surface area contributed by atoms with E-state index >= 15 is 0 Å². The molecule has 0 unspecified atom stereocenters. The molecule has 60 valence electrons. The van der Waals surface area contributed by atoms with Crippen LogP contribution in [0.5, 0.6) is 0 Å². The quantitative estimate of drug-likeness (QED) is 0.609. The Morgan fingerprint density at radius 2 is 2.40 bits per heavy atom. The van der Waals surface area contributed by atoms with Gasteiger partial charge < -0.3 is 11.1 Å². The van der Waals surface area contributed by atoms with Gasteiger partial charge in [0.25, 0.3) is 0 Å². The number of nitrogens with two attached hydrogens (primary N) is 1. The van der Waals surface area contributed by atoms with E-state index in [0.29, 0.717) is 0 Å². The molecule has 1 aliphatic heterocycles. The fourth-order valence-electron chi connectivity index (χ4n) is 1.69. The molecule has 0 aromatic heterocycles. The van der Waals surface area contributed by atoms with Crippen molar-refractivity contribution in [1.29, 1.82) is 0 Å². The Kier molecular flexibility index (Phi) is 3.16. The van der Waals surface area contributed by atoms with Gasteiger partial charge in [-0.25, -0.2) is 0 Å². The standard InChI is InChI=1S/C8H18N2/c1-7-8(3-2-5-9)4-6-10-7/h7-8,10H,2-6,9H2,1H3/t7-,8-/m1/s1. The van der Waals surface area contributed by atoms with E-state index in [1.807, 2.05) is 0 Å². The summed E-state index contributed by atoms with van der Waals surface area (Å²) >= 11 is 0. The lowest BCUT2D eigenvalue weighted by Crippen LogP contribution is -2.23. The molecule has 0 aromatic rings. The highest BCUT2D eigenvalue weighted by Gasteiger charge is 2.21. The third kappa shape index (κ3) is 1.96. The van der Waals surface area contributed by atoms with Crippen LogP contribution in [-0.2, 0) is 0 Å². The molecule has 0 saturated carbocycles. The fourth-order valence-corrected chi connectivity index (χ4v) is 1.69. The molecule has 3 N–H and O–H groups in total. The molecule has 1 fully saturated rings. The maximum atomic E-state index is 5.43. The second kappa shape index (κ2) is 3.94. The van der Waals surface area contributed by atoms with E-state index < -0.39 is 0 Å². The molecule has 2 heteroatoms. The molecule has 2 nitrogen and oxygen atoms in total. The normalized spacial score (nSPS) is 33.0. The summed E-state index contributed by atoms with van der Waals surface area (Å²) in [5.41, 5.74) is 5.43. The van der Waals surface area contributed by atoms with Crippen molar-refractivity contribution in [3.8, 4) is 0 Å². The first-order valence-corrected chi connectivity index (χ1v) is 4.28. The van der Waals surface area contributed by atoms with Crippen molar-refractivity contribution >= 4 is 0 Å². The lowest BCUT2D eigenvalue weighted by atomic mass is 9.96. The van der Waals surface area contributed by atoms with Crippen LogP contribution in [-0.4, -0.2) is 19.1 Å². The molecule has 1 aliphatic rings. The van der Waals surface area contributed by atoms with Crippen molar-refractivity contribution in [2.24, 2.45) is 11.7 Å². The monoisotopic (exact) mass is 142 g/mol. The van der Waals surface area contributed by atoms with Crippen molar-refractivity contribution in [1.82, 2.24) is 5.32 Å². The van der Waals surface area contributed by atoms with Gasteiger partial charge in [0.2, 0.25) is 0 Å². The average molecular weight is 142 g/mol. The molecule has 0 aromatic carbocycles. The van der Waals surface area contributed by atoms with Crippen LogP contribution in [0.1, 0.15) is 26.2 Å². The molecule has 1 heterocycles. The second-order valence-electron chi connectivity index (χ2n) is 3.22. The summed E-state index contributed by atoms with van der Waals surface area (Å²) in [7, 11) is 0. The highest BCUT2D eigenvalue weighted by molar-refractivity contribution is 4.79. The van der Waals surface area contributed by atoms with E-state index in [1.165, 1.54) is 25.8 Å². The first-order chi connectivity index (χ1) is 4.84. The summed E-state index contributed by atoms with van der Waals surface area (Å²) in [5.74, 6) is 0.892. The summed E-state index contributed by atoms with van der Waals surface area (Å²) in [5, 5.41) is 3.44. The third-order valence-electron chi connectivity index (χ3n) is 2.47. The molecule has 0 spiro atoms. The zero-order valence-electron chi connectivity index (χ0n) is 6.77. The van der Waals surface area contributed by atoms with Gasteiger partial charge in [0.15, 0.2) is 0 Å². The van der Waals surface area contributed by atoms with E-state index in [9.17, 15) is 0 Å². The van der Waals surface area contributed by atoms with Gasteiger partial charge in [-0.15, -0.1) is 0 Å². The first-order valence-electron chi connectivity index (χ1n) is 4.28. The zero-order chi connectivity index (χ0) is 7.40. The van der Waals surface area contributed by atoms with Crippen LogP contribution in [0.15, 0.2) is 0 Å².